The van der Waals surface area contributed by atoms with E-state index >= 15 is 0 Å². The van der Waals surface area contributed by atoms with Gasteiger partial charge in [0.05, 0.1) is 19.3 Å². The van der Waals surface area contributed by atoms with Crippen LogP contribution < -0.4 is 10.1 Å². The number of aryl methyl sites for hydroxylation is 3. The molecule has 34 heavy (non-hydrogen) atoms. The van der Waals surface area contributed by atoms with Gasteiger partial charge in [0.25, 0.3) is 5.91 Å². The predicted octanol–water partition coefficient (Wildman–Crippen LogP) is 5.61. The van der Waals surface area contributed by atoms with Gasteiger partial charge >= 0.3 is 0 Å². The van der Waals surface area contributed by atoms with Gasteiger partial charge in [-0.25, -0.2) is 0 Å². The van der Waals surface area contributed by atoms with Gasteiger partial charge in [0.2, 0.25) is 0 Å². The molecule has 1 N–H and O–H groups in total. The second-order valence-electron chi connectivity index (χ2n) is 8.68. The van der Waals surface area contributed by atoms with Crippen LogP contribution in [-0.4, -0.2) is 22.8 Å². The fourth-order valence-electron chi connectivity index (χ4n) is 4.48. The van der Waals surface area contributed by atoms with Crippen molar-refractivity contribution in [3.8, 4) is 17.0 Å². The zero-order valence-corrected chi connectivity index (χ0v) is 21.0. The fourth-order valence-corrected chi connectivity index (χ4v) is 4.89. The summed E-state index contributed by atoms with van der Waals surface area (Å²) in [7, 11) is 1.62. The molecule has 0 bridgehead atoms. The molecule has 0 unspecified atom stereocenters. The van der Waals surface area contributed by atoms with Gasteiger partial charge in [-0.15, -0.1) is 0 Å². The van der Waals surface area contributed by atoms with Crippen LogP contribution >= 0.6 is 15.9 Å². The maximum absolute atomic E-state index is 13.0. The van der Waals surface area contributed by atoms with Crippen LogP contribution in [0.1, 0.15) is 44.1 Å². The van der Waals surface area contributed by atoms with Crippen molar-refractivity contribution in [1.82, 2.24) is 15.1 Å². The summed E-state index contributed by atoms with van der Waals surface area (Å²) in [5.74, 6) is 1.66. The van der Waals surface area contributed by atoms with E-state index in [9.17, 15) is 4.79 Å². The monoisotopic (exact) mass is 519 g/mol. The Kier molecular flexibility index (Phi) is 6.04. The molecule has 7 heteroatoms. The molecule has 2 aromatic carbocycles. The van der Waals surface area contributed by atoms with Crippen LogP contribution in [0.4, 0.5) is 0 Å². The van der Waals surface area contributed by atoms with Crippen molar-refractivity contribution in [2.75, 3.05) is 7.11 Å². The first kappa shape index (κ1) is 22.5. The van der Waals surface area contributed by atoms with Crippen molar-refractivity contribution in [3.63, 3.8) is 0 Å². The minimum absolute atomic E-state index is 0.241. The first-order valence-electron chi connectivity index (χ1n) is 11.3. The molecular weight excluding hydrogens is 494 g/mol. The molecule has 0 aliphatic heterocycles. The van der Waals surface area contributed by atoms with Crippen LogP contribution in [-0.2, 0) is 25.9 Å². The van der Waals surface area contributed by atoms with E-state index in [1.54, 1.807) is 7.11 Å². The number of halogens is 1. The number of amides is 1. The van der Waals surface area contributed by atoms with Crippen molar-refractivity contribution in [1.29, 1.82) is 0 Å². The molecular formula is C27H26BrN3O3. The zero-order valence-electron chi connectivity index (χ0n) is 19.4. The summed E-state index contributed by atoms with van der Waals surface area (Å²) in [6.07, 6.45) is 3.72. The van der Waals surface area contributed by atoms with Crippen LogP contribution in [0.15, 0.2) is 57.6 Å². The number of aromatic nitrogens is 2. The van der Waals surface area contributed by atoms with Crippen LogP contribution in [0.2, 0.25) is 0 Å². The minimum atomic E-state index is -0.241. The fraction of sp³-hybridized carbons (Fsp3) is 0.259. The van der Waals surface area contributed by atoms with Gasteiger partial charge in [-0.3, -0.25) is 9.48 Å². The van der Waals surface area contributed by atoms with E-state index in [-0.39, 0.29) is 5.91 Å². The van der Waals surface area contributed by atoms with Gasteiger partial charge in [0.15, 0.2) is 5.76 Å². The molecule has 0 spiro atoms. The Labute approximate surface area is 207 Å². The van der Waals surface area contributed by atoms with Crippen molar-refractivity contribution in [3.05, 3.63) is 92.5 Å². The first-order chi connectivity index (χ1) is 16.4. The van der Waals surface area contributed by atoms with E-state index in [0.717, 1.165) is 51.2 Å². The van der Waals surface area contributed by atoms with E-state index in [1.165, 1.54) is 16.7 Å². The highest BCUT2D eigenvalue weighted by Gasteiger charge is 2.29. The quantitative estimate of drug-likeness (QED) is 0.359. The summed E-state index contributed by atoms with van der Waals surface area (Å²) >= 11 is 3.47. The lowest BCUT2D eigenvalue weighted by Crippen LogP contribution is -2.23. The number of nitrogens with one attached hydrogen (secondary N) is 1. The third-order valence-electron chi connectivity index (χ3n) is 6.27. The number of carbonyl (C=O) groups is 1. The Morgan fingerprint density at radius 2 is 1.97 bits per heavy atom. The first-order valence-corrected chi connectivity index (χ1v) is 12.1. The number of hydrogen-bond acceptors (Lipinski definition) is 4. The Hall–Kier alpha value is -3.32. The number of benzene rings is 2. The molecule has 2 heterocycles. The largest absolute Gasteiger partial charge is 0.496 e. The number of rotatable bonds is 6. The van der Waals surface area contributed by atoms with Gasteiger partial charge in [-0.2, -0.15) is 5.10 Å². The molecule has 2 aromatic heterocycles. The standard InChI is InChI=1S/C27H26BrN3O3/c1-16-4-6-18(7-5-16)14-31-15-19-8-10-23-24(25(19)30-31)17(2)26(34-23)27(32)29-13-20-12-21(28)9-11-22(20)33-3/h4-7,9,11-12,15H,8,10,13-14H2,1-3H3,(H,29,32). The van der Waals surface area contributed by atoms with E-state index in [2.05, 4.69) is 58.6 Å². The smallest absolute Gasteiger partial charge is 0.287 e. The molecule has 0 fully saturated rings. The Morgan fingerprint density at radius 1 is 1.18 bits per heavy atom. The number of fused-ring (bicyclic) bond motifs is 3. The summed E-state index contributed by atoms with van der Waals surface area (Å²) in [6.45, 7) is 5.07. The highest BCUT2D eigenvalue weighted by atomic mass is 79.9. The summed E-state index contributed by atoms with van der Waals surface area (Å²) in [6, 6.07) is 14.2. The van der Waals surface area contributed by atoms with Crippen LogP contribution in [0.25, 0.3) is 11.3 Å². The third-order valence-corrected chi connectivity index (χ3v) is 6.76. The van der Waals surface area contributed by atoms with Crippen LogP contribution in [0.5, 0.6) is 5.75 Å². The summed E-state index contributed by atoms with van der Waals surface area (Å²) < 4.78 is 14.4. The van der Waals surface area contributed by atoms with E-state index in [1.807, 2.05) is 29.8 Å². The van der Waals surface area contributed by atoms with Gasteiger partial charge < -0.3 is 14.5 Å². The Morgan fingerprint density at radius 3 is 2.74 bits per heavy atom. The molecule has 4 aromatic rings. The molecule has 0 saturated heterocycles. The zero-order chi connectivity index (χ0) is 23.8. The highest BCUT2D eigenvalue weighted by molar-refractivity contribution is 9.10. The van der Waals surface area contributed by atoms with Crippen molar-refractivity contribution in [2.24, 2.45) is 0 Å². The molecule has 174 valence electrons. The number of hydrogen-bond donors (Lipinski definition) is 1. The molecule has 1 aliphatic carbocycles. The number of ether oxygens (including phenoxy) is 1. The van der Waals surface area contributed by atoms with E-state index in [0.29, 0.717) is 18.8 Å². The van der Waals surface area contributed by atoms with Gasteiger partial charge in [0.1, 0.15) is 11.5 Å². The van der Waals surface area contributed by atoms with Gasteiger partial charge in [-0.1, -0.05) is 45.8 Å². The number of furan rings is 1. The van der Waals surface area contributed by atoms with Crippen LogP contribution in [0, 0.1) is 13.8 Å². The highest BCUT2D eigenvalue weighted by Crippen LogP contribution is 2.38. The van der Waals surface area contributed by atoms with Crippen molar-refractivity contribution >= 4 is 21.8 Å². The molecule has 0 atom stereocenters. The van der Waals surface area contributed by atoms with Gasteiger partial charge in [-0.05, 0) is 49.6 Å². The summed E-state index contributed by atoms with van der Waals surface area (Å²) in [5.41, 5.74) is 7.22. The number of methoxy groups -OCH3 is 1. The number of carbonyl (C=O) groups excluding carboxylic acids is 1. The molecule has 1 aliphatic rings. The normalized spacial score (nSPS) is 12.2. The predicted molar refractivity (Wildman–Crippen MR) is 134 cm³/mol. The lowest BCUT2D eigenvalue weighted by Gasteiger charge is -2.10. The Balaban J connectivity index is 1.38. The lowest BCUT2D eigenvalue weighted by molar-refractivity contribution is 0.0920. The Bertz CT molecular complexity index is 1370. The maximum atomic E-state index is 13.0. The molecule has 6 nitrogen and oxygen atoms in total. The average Bonchev–Trinajstić information content (AvgIpc) is 3.39. The summed E-state index contributed by atoms with van der Waals surface area (Å²) in [4.78, 5) is 13.0. The molecule has 0 radical (unpaired) electrons. The van der Waals surface area contributed by atoms with Gasteiger partial charge in [0, 0.05) is 40.3 Å². The molecule has 0 saturated carbocycles. The average molecular weight is 520 g/mol. The maximum Gasteiger partial charge on any atom is 0.287 e. The lowest BCUT2D eigenvalue weighted by atomic mass is 9.93. The third kappa shape index (κ3) is 4.28. The second-order valence-corrected chi connectivity index (χ2v) is 9.60. The minimum Gasteiger partial charge on any atom is -0.496 e. The van der Waals surface area contributed by atoms with Crippen LogP contribution in [0.3, 0.4) is 0 Å². The molecule has 1 amide bonds. The second kappa shape index (κ2) is 9.14. The van der Waals surface area contributed by atoms with E-state index < -0.39 is 0 Å². The van der Waals surface area contributed by atoms with E-state index in [4.69, 9.17) is 14.3 Å². The topological polar surface area (TPSA) is 69.3 Å². The summed E-state index contributed by atoms with van der Waals surface area (Å²) in [5, 5.41) is 7.85. The SMILES string of the molecule is COc1ccc(Br)cc1CNC(=O)c1oc2c(c1C)-c1nn(Cc3ccc(C)cc3)cc1CC2. The van der Waals surface area contributed by atoms with Crippen molar-refractivity contribution in [2.45, 2.75) is 39.8 Å². The number of nitrogens with zero attached hydrogens (tertiary/aromatic N) is 2. The molecule has 5 rings (SSSR count). The van der Waals surface area contributed by atoms with Crippen molar-refractivity contribution < 1.29 is 13.9 Å².